The van der Waals surface area contributed by atoms with Crippen molar-refractivity contribution in [3.05, 3.63) is 58.9 Å². The smallest absolute Gasteiger partial charge is 0.242 e. The van der Waals surface area contributed by atoms with Crippen LogP contribution in [0.2, 0.25) is 5.02 Å². The van der Waals surface area contributed by atoms with Crippen LogP contribution in [0.5, 0.6) is 0 Å². The number of hydrogen-bond donors (Lipinski definition) is 2. The summed E-state index contributed by atoms with van der Waals surface area (Å²) in [5.74, 6) is -0.362. The number of anilines is 1. The van der Waals surface area contributed by atoms with Gasteiger partial charge in [-0.25, -0.2) is 17.5 Å². The molecule has 0 aliphatic rings. The Kier molecular flexibility index (Phi) is 4.82. The molecule has 0 heterocycles. The van der Waals surface area contributed by atoms with Crippen LogP contribution in [0.4, 0.5) is 10.1 Å². The summed E-state index contributed by atoms with van der Waals surface area (Å²) in [6.45, 7) is 0.0647. The third-order valence-electron chi connectivity index (χ3n) is 2.91. The van der Waals surface area contributed by atoms with Gasteiger partial charge in [-0.2, -0.15) is 0 Å². The van der Waals surface area contributed by atoms with Crippen molar-refractivity contribution in [3.63, 3.8) is 0 Å². The number of halogens is 2. The summed E-state index contributed by atoms with van der Waals surface area (Å²) in [5.41, 5.74) is 6.20. The van der Waals surface area contributed by atoms with Gasteiger partial charge in [0.25, 0.3) is 0 Å². The second kappa shape index (κ2) is 6.43. The Morgan fingerprint density at radius 1 is 1.19 bits per heavy atom. The van der Waals surface area contributed by atoms with E-state index in [1.54, 1.807) is 18.2 Å². The maximum absolute atomic E-state index is 13.4. The highest BCUT2D eigenvalue weighted by atomic mass is 35.5. The molecule has 0 atom stereocenters. The first-order chi connectivity index (χ1) is 9.90. The van der Waals surface area contributed by atoms with Crippen LogP contribution in [0, 0.1) is 5.82 Å². The molecule has 0 amide bonds. The number of sulfonamides is 1. The Hall–Kier alpha value is -1.63. The van der Waals surface area contributed by atoms with Crippen molar-refractivity contribution in [1.82, 2.24) is 4.72 Å². The highest BCUT2D eigenvalue weighted by Crippen LogP contribution is 2.22. The zero-order valence-electron chi connectivity index (χ0n) is 11.0. The first kappa shape index (κ1) is 15.8. The third-order valence-corrected chi connectivity index (χ3v) is 4.66. The van der Waals surface area contributed by atoms with Crippen molar-refractivity contribution in [1.29, 1.82) is 0 Å². The second-order valence-electron chi connectivity index (χ2n) is 4.42. The van der Waals surface area contributed by atoms with E-state index in [2.05, 4.69) is 4.72 Å². The maximum Gasteiger partial charge on any atom is 0.242 e. The van der Waals surface area contributed by atoms with Gasteiger partial charge in [-0.05, 0) is 36.2 Å². The van der Waals surface area contributed by atoms with Crippen molar-refractivity contribution >= 4 is 27.3 Å². The highest BCUT2D eigenvalue weighted by Gasteiger charge is 2.17. The molecule has 0 bridgehead atoms. The second-order valence-corrected chi connectivity index (χ2v) is 6.59. The average molecular weight is 329 g/mol. The third kappa shape index (κ3) is 3.93. The molecule has 4 nitrogen and oxygen atoms in total. The molecule has 3 N–H and O–H groups in total. The molecule has 2 aromatic carbocycles. The van der Waals surface area contributed by atoms with Gasteiger partial charge in [-0.1, -0.05) is 29.8 Å². The molecule has 0 radical (unpaired) electrons. The average Bonchev–Trinajstić information content (AvgIpc) is 2.43. The molecule has 0 spiro atoms. The Labute approximate surface area is 127 Å². The summed E-state index contributed by atoms with van der Waals surface area (Å²) in [4.78, 5) is -0.0801. The Bertz CT molecular complexity index is 750. The summed E-state index contributed by atoms with van der Waals surface area (Å²) in [6.07, 6.45) is 0.242. The summed E-state index contributed by atoms with van der Waals surface area (Å²) in [6, 6.07) is 10.4. The number of nitrogens with one attached hydrogen (secondary N) is 1. The van der Waals surface area contributed by atoms with E-state index in [4.69, 9.17) is 17.3 Å². The summed E-state index contributed by atoms with van der Waals surface area (Å²) in [7, 11) is -3.78. The van der Waals surface area contributed by atoms with E-state index in [1.165, 1.54) is 24.3 Å². The first-order valence-corrected chi connectivity index (χ1v) is 8.04. The number of rotatable bonds is 5. The van der Waals surface area contributed by atoms with E-state index in [0.717, 1.165) is 0 Å². The first-order valence-electron chi connectivity index (χ1n) is 6.18. The molecule has 21 heavy (non-hydrogen) atoms. The fraction of sp³-hybridized carbons (Fsp3) is 0.143. The SMILES string of the molecule is Nc1ccc(Cl)cc1S(=O)(=O)NCCc1ccccc1F. The Morgan fingerprint density at radius 2 is 1.90 bits per heavy atom. The molecule has 2 rings (SSSR count). The highest BCUT2D eigenvalue weighted by molar-refractivity contribution is 7.89. The molecule has 112 valence electrons. The lowest BCUT2D eigenvalue weighted by Gasteiger charge is -2.09. The van der Waals surface area contributed by atoms with Crippen molar-refractivity contribution in [3.8, 4) is 0 Å². The molecular weight excluding hydrogens is 315 g/mol. The molecule has 0 saturated carbocycles. The van der Waals surface area contributed by atoms with Crippen LogP contribution in [-0.2, 0) is 16.4 Å². The lowest BCUT2D eigenvalue weighted by atomic mass is 10.1. The van der Waals surface area contributed by atoms with Gasteiger partial charge in [0.1, 0.15) is 10.7 Å². The van der Waals surface area contributed by atoms with Gasteiger partial charge in [-0.3, -0.25) is 0 Å². The molecule has 0 aromatic heterocycles. The monoisotopic (exact) mass is 328 g/mol. The molecule has 0 unspecified atom stereocenters. The zero-order chi connectivity index (χ0) is 15.5. The quantitative estimate of drug-likeness (QED) is 0.829. The van der Waals surface area contributed by atoms with Crippen LogP contribution < -0.4 is 10.5 Å². The molecule has 0 saturated heterocycles. The lowest BCUT2D eigenvalue weighted by Crippen LogP contribution is -2.27. The van der Waals surface area contributed by atoms with Crippen LogP contribution in [0.3, 0.4) is 0 Å². The molecule has 2 aromatic rings. The minimum Gasteiger partial charge on any atom is -0.398 e. The summed E-state index contributed by atoms with van der Waals surface area (Å²) in [5, 5.41) is 0.277. The normalized spacial score (nSPS) is 11.5. The van der Waals surface area contributed by atoms with Crippen molar-refractivity contribution < 1.29 is 12.8 Å². The minimum atomic E-state index is -3.78. The van der Waals surface area contributed by atoms with E-state index < -0.39 is 10.0 Å². The lowest BCUT2D eigenvalue weighted by molar-refractivity contribution is 0.578. The zero-order valence-corrected chi connectivity index (χ0v) is 12.6. The van der Waals surface area contributed by atoms with Crippen molar-refractivity contribution in [2.45, 2.75) is 11.3 Å². The van der Waals surface area contributed by atoms with Gasteiger partial charge in [0.15, 0.2) is 0 Å². The van der Waals surface area contributed by atoms with Crippen LogP contribution in [0.1, 0.15) is 5.56 Å². The number of hydrogen-bond acceptors (Lipinski definition) is 3. The van der Waals surface area contributed by atoms with Gasteiger partial charge in [0, 0.05) is 11.6 Å². The number of nitrogens with two attached hydrogens (primary N) is 1. The predicted molar refractivity (Wildman–Crippen MR) is 81.2 cm³/mol. The summed E-state index contributed by atoms with van der Waals surface area (Å²) < 4.78 is 40.1. The van der Waals surface area contributed by atoms with Crippen LogP contribution in [0.15, 0.2) is 47.4 Å². The molecule has 0 aliphatic carbocycles. The molecular formula is C14H14ClFN2O2S. The molecule has 0 aliphatic heterocycles. The van der Waals surface area contributed by atoms with Gasteiger partial charge in [0.05, 0.1) is 5.69 Å². The van der Waals surface area contributed by atoms with Crippen LogP contribution in [-0.4, -0.2) is 15.0 Å². The molecule has 0 fully saturated rings. The Balaban J connectivity index is 2.08. The minimum absolute atomic E-state index is 0.0647. The standard InChI is InChI=1S/C14H14ClFN2O2S/c15-11-5-6-13(17)14(9-11)21(19,20)18-8-7-10-3-1-2-4-12(10)16/h1-6,9,18H,7-8,17H2. The predicted octanol–water partition coefficient (Wildman–Crippen LogP) is 2.58. The summed E-state index contributed by atoms with van der Waals surface area (Å²) >= 11 is 5.78. The maximum atomic E-state index is 13.4. The van der Waals surface area contributed by atoms with E-state index in [0.29, 0.717) is 5.56 Å². The largest absolute Gasteiger partial charge is 0.398 e. The van der Waals surface area contributed by atoms with E-state index in [1.807, 2.05) is 0 Å². The van der Waals surface area contributed by atoms with E-state index in [-0.39, 0.29) is 34.4 Å². The van der Waals surface area contributed by atoms with Crippen LogP contribution in [0.25, 0.3) is 0 Å². The fourth-order valence-corrected chi connectivity index (χ4v) is 3.26. The number of benzene rings is 2. The van der Waals surface area contributed by atoms with Gasteiger partial charge >= 0.3 is 0 Å². The van der Waals surface area contributed by atoms with Gasteiger partial charge in [0.2, 0.25) is 10.0 Å². The van der Waals surface area contributed by atoms with Crippen LogP contribution >= 0.6 is 11.6 Å². The van der Waals surface area contributed by atoms with E-state index in [9.17, 15) is 12.8 Å². The topological polar surface area (TPSA) is 72.2 Å². The Morgan fingerprint density at radius 3 is 2.62 bits per heavy atom. The van der Waals surface area contributed by atoms with Gasteiger partial charge < -0.3 is 5.73 Å². The fourth-order valence-electron chi connectivity index (χ4n) is 1.84. The van der Waals surface area contributed by atoms with E-state index >= 15 is 0 Å². The van der Waals surface area contributed by atoms with Gasteiger partial charge in [-0.15, -0.1) is 0 Å². The van der Waals surface area contributed by atoms with Crippen molar-refractivity contribution in [2.24, 2.45) is 0 Å². The number of nitrogen functional groups attached to an aromatic ring is 1. The molecule has 7 heteroatoms. The van der Waals surface area contributed by atoms with Crippen molar-refractivity contribution in [2.75, 3.05) is 12.3 Å².